The first-order valence-electron chi connectivity index (χ1n) is 24.0. The number of aromatic nitrogens is 3. The predicted octanol–water partition coefficient (Wildman–Crippen LogP) is 14.9. The molecular formula is C64H45N3O+2. The van der Waals surface area contributed by atoms with Gasteiger partial charge in [0.2, 0.25) is 5.69 Å². The monoisotopic (exact) mass is 872 g/mol. The fourth-order valence-electron chi connectivity index (χ4n) is 11.4. The van der Waals surface area contributed by atoms with E-state index < -0.39 is 11.7 Å². The first-order chi connectivity index (χ1) is 33.8. The maximum absolute atomic E-state index is 9.57. The zero-order valence-corrected chi connectivity index (χ0v) is 37.7. The molecule has 3 aliphatic heterocycles. The van der Waals surface area contributed by atoms with Crippen molar-refractivity contribution in [1.82, 2.24) is 4.57 Å². The Balaban J connectivity index is 1.10. The zero-order chi connectivity index (χ0) is 46.0. The number of para-hydroxylation sites is 2. The maximum Gasteiger partial charge on any atom is 0.499 e. The van der Waals surface area contributed by atoms with E-state index in [1.165, 1.54) is 11.1 Å². The van der Waals surface area contributed by atoms with Gasteiger partial charge in [0, 0.05) is 30.2 Å². The second-order valence-electron chi connectivity index (χ2n) is 18.4. The summed E-state index contributed by atoms with van der Waals surface area (Å²) in [4.78, 5) is 0. The van der Waals surface area contributed by atoms with E-state index in [-0.39, 0.29) is 0 Å². The molecule has 0 bridgehead atoms. The third kappa shape index (κ3) is 5.49. The van der Waals surface area contributed by atoms with Crippen molar-refractivity contribution < 1.29 is 15.2 Å². The summed E-state index contributed by atoms with van der Waals surface area (Å²) < 4.78 is 24.7. The molecule has 5 heterocycles. The largest absolute Gasteiger partial charge is 0.499 e. The smallest absolute Gasteiger partial charge is 0.392 e. The molecule has 0 amide bonds. The molecule has 0 fully saturated rings. The molecule has 1 spiro atoms. The number of hydrogen-bond acceptors (Lipinski definition) is 1. The minimum Gasteiger partial charge on any atom is -0.392 e. The normalized spacial score (nSPS) is 15.0. The van der Waals surface area contributed by atoms with Crippen LogP contribution in [-0.2, 0) is 5.85 Å². The summed E-state index contributed by atoms with van der Waals surface area (Å²) in [6.07, 6.45) is 2.25. The molecule has 0 saturated carbocycles. The summed E-state index contributed by atoms with van der Waals surface area (Å²) >= 11 is 0. The standard InChI is InChI=1S/C64H45N3O/c1-41(2)52-39-54(47-24-13-6-14-25-47)59(40-53(52)46-22-11-5-12-23-46)66-57-28-17-27-50-55-36-49(43-20-9-4-10-21-43)37-56-58-38-48(45-32-30-44(31-33-45)42-18-7-3-8-19-42)34-35-65(58)64(61(55)56)67(62(50)57)63(66)51-26-15-16-29-60(51)68-64/h3-41H,1-2H3/q+2/i41D. The van der Waals surface area contributed by atoms with Gasteiger partial charge in [-0.2, -0.15) is 4.57 Å². The fourth-order valence-corrected chi connectivity index (χ4v) is 11.4. The molecule has 320 valence electrons. The molecule has 2 aromatic heterocycles. The molecule has 1 unspecified atom stereocenters. The van der Waals surface area contributed by atoms with Crippen molar-refractivity contribution in [3.8, 4) is 101 Å². The van der Waals surface area contributed by atoms with Gasteiger partial charge in [0.25, 0.3) is 0 Å². The number of rotatable bonds is 7. The molecule has 68 heavy (non-hydrogen) atoms. The maximum atomic E-state index is 9.57. The Hall–Kier alpha value is -8.60. The number of imidazole rings is 1. The first kappa shape index (κ1) is 37.6. The molecule has 14 rings (SSSR count). The van der Waals surface area contributed by atoms with Gasteiger partial charge < -0.3 is 4.74 Å². The van der Waals surface area contributed by atoms with E-state index >= 15 is 0 Å². The Morgan fingerprint density at radius 1 is 0.456 bits per heavy atom. The summed E-state index contributed by atoms with van der Waals surface area (Å²) in [6.45, 7) is 3.99. The summed E-state index contributed by atoms with van der Waals surface area (Å²) in [6, 6.07) is 80.8. The van der Waals surface area contributed by atoms with Crippen LogP contribution >= 0.6 is 0 Å². The highest BCUT2D eigenvalue weighted by atomic mass is 16.5. The number of ether oxygens (including phenoxy) is 1. The molecular weight excluding hydrogens is 827 g/mol. The van der Waals surface area contributed by atoms with Crippen LogP contribution in [0.2, 0.25) is 0 Å². The molecule has 0 saturated heterocycles. The van der Waals surface area contributed by atoms with Gasteiger partial charge in [-0.25, -0.2) is 0 Å². The van der Waals surface area contributed by atoms with Gasteiger partial charge in [0.05, 0.1) is 5.56 Å². The van der Waals surface area contributed by atoms with Crippen molar-refractivity contribution in [3.63, 3.8) is 0 Å². The highest BCUT2D eigenvalue weighted by molar-refractivity contribution is 6.00. The molecule has 11 aromatic rings. The summed E-state index contributed by atoms with van der Waals surface area (Å²) in [5.74, 6) is -0.172. The number of nitrogens with zero attached hydrogens (tertiary/aromatic N) is 3. The lowest BCUT2D eigenvalue weighted by molar-refractivity contribution is -0.997. The van der Waals surface area contributed by atoms with Gasteiger partial charge in [-0.05, 0) is 110 Å². The lowest BCUT2D eigenvalue weighted by atomic mass is 9.85. The SMILES string of the molecule is [2H]C(C)(C)c1cc(-c2ccccc2)c(-n2c3[n+]4c5c(cccc52)-c2cc(-c5ccccc5)cc5c2C4(Oc2ccccc2-3)[n+]2ccc(-c3ccc(-c4ccccc4)cc3)cc2-5)cc1-c1ccccc1. The molecule has 0 aliphatic carbocycles. The highest BCUT2D eigenvalue weighted by Crippen LogP contribution is 2.55. The van der Waals surface area contributed by atoms with Crippen molar-refractivity contribution in [2.45, 2.75) is 25.6 Å². The molecule has 0 N–H and O–H groups in total. The van der Waals surface area contributed by atoms with Gasteiger partial charge in [-0.15, -0.1) is 9.13 Å². The summed E-state index contributed by atoms with van der Waals surface area (Å²) in [5, 5.41) is 0. The molecule has 4 heteroatoms. The van der Waals surface area contributed by atoms with Crippen molar-refractivity contribution >= 4 is 11.0 Å². The molecule has 9 aromatic carbocycles. The first-order valence-corrected chi connectivity index (χ1v) is 23.5. The predicted molar refractivity (Wildman–Crippen MR) is 274 cm³/mol. The van der Waals surface area contributed by atoms with Crippen molar-refractivity contribution in [2.75, 3.05) is 0 Å². The molecule has 0 radical (unpaired) electrons. The highest BCUT2D eigenvalue weighted by Gasteiger charge is 2.68. The van der Waals surface area contributed by atoms with Crippen LogP contribution in [0.3, 0.4) is 0 Å². The summed E-state index contributed by atoms with van der Waals surface area (Å²) in [5.41, 5.74) is 22.1. The Morgan fingerprint density at radius 3 is 1.69 bits per heavy atom. The van der Waals surface area contributed by atoms with Gasteiger partial charge in [0.15, 0.2) is 17.2 Å². The van der Waals surface area contributed by atoms with E-state index in [1.54, 1.807) is 0 Å². The Bertz CT molecular complexity index is 3880. The van der Waals surface area contributed by atoms with Crippen molar-refractivity contribution in [1.29, 1.82) is 0 Å². The summed E-state index contributed by atoms with van der Waals surface area (Å²) in [7, 11) is 0. The number of benzene rings is 9. The van der Waals surface area contributed by atoms with Crippen LogP contribution in [0.4, 0.5) is 0 Å². The average Bonchev–Trinajstić information content (AvgIpc) is 3.90. The van der Waals surface area contributed by atoms with Gasteiger partial charge in [0.1, 0.15) is 22.6 Å². The van der Waals surface area contributed by atoms with Crippen LogP contribution in [0.15, 0.2) is 231 Å². The quantitative estimate of drug-likeness (QED) is 0.146. The lowest BCUT2D eigenvalue weighted by Crippen LogP contribution is -2.78. The van der Waals surface area contributed by atoms with Crippen LogP contribution in [0.5, 0.6) is 5.75 Å². The Morgan fingerprint density at radius 2 is 1.01 bits per heavy atom. The van der Waals surface area contributed by atoms with Crippen LogP contribution in [0.25, 0.3) is 106 Å². The van der Waals surface area contributed by atoms with Crippen molar-refractivity contribution in [3.05, 3.63) is 242 Å². The van der Waals surface area contributed by atoms with Crippen LogP contribution < -0.4 is 13.9 Å². The number of hydrogen-bond donors (Lipinski definition) is 0. The van der Waals surface area contributed by atoms with Gasteiger partial charge in [-0.3, -0.25) is 0 Å². The minimum absolute atomic E-state index is 0.809. The van der Waals surface area contributed by atoms with E-state index in [2.05, 4.69) is 244 Å². The average molecular weight is 873 g/mol. The third-order valence-corrected chi connectivity index (χ3v) is 14.4. The number of fused-ring (bicyclic) bond motifs is 5. The second-order valence-corrected chi connectivity index (χ2v) is 18.4. The van der Waals surface area contributed by atoms with Crippen molar-refractivity contribution in [2.24, 2.45) is 0 Å². The minimum atomic E-state index is -1.12. The van der Waals surface area contributed by atoms with Crippen LogP contribution in [0, 0.1) is 0 Å². The number of pyridine rings is 1. The van der Waals surface area contributed by atoms with E-state index in [1.807, 2.05) is 13.8 Å². The van der Waals surface area contributed by atoms with E-state index in [9.17, 15) is 1.37 Å². The topological polar surface area (TPSA) is 21.9 Å². The molecule has 1 atom stereocenters. The Labute approximate surface area is 397 Å². The van der Waals surface area contributed by atoms with Gasteiger partial charge in [-0.1, -0.05) is 178 Å². The van der Waals surface area contributed by atoms with Crippen LogP contribution in [0.1, 0.15) is 32.2 Å². The van der Waals surface area contributed by atoms with E-state index in [0.717, 1.165) is 112 Å². The van der Waals surface area contributed by atoms with E-state index in [0.29, 0.717) is 0 Å². The second kappa shape index (κ2) is 14.7. The molecule has 4 nitrogen and oxygen atoms in total. The Kier molecular flexibility index (Phi) is 8.13. The third-order valence-electron chi connectivity index (χ3n) is 14.4. The van der Waals surface area contributed by atoms with Crippen LogP contribution in [-0.4, -0.2) is 4.57 Å². The lowest BCUT2D eigenvalue weighted by Gasteiger charge is -2.32. The zero-order valence-electron chi connectivity index (χ0n) is 38.7. The fraction of sp³-hybridized carbons (Fsp3) is 0.0625. The van der Waals surface area contributed by atoms with Gasteiger partial charge >= 0.3 is 11.7 Å². The molecule has 3 aliphatic rings. The van der Waals surface area contributed by atoms with E-state index in [4.69, 9.17) is 4.74 Å².